The van der Waals surface area contributed by atoms with E-state index < -0.39 is 0 Å². The topological polar surface area (TPSA) is 38.3 Å². The van der Waals surface area contributed by atoms with Crippen molar-refractivity contribution in [3.05, 3.63) is 59.2 Å². The summed E-state index contributed by atoms with van der Waals surface area (Å²) in [5, 5.41) is 2.90. The Kier molecular flexibility index (Phi) is 3.72. The number of methoxy groups -OCH3 is 1. The SMILES string of the molecule is COc1ccc(/C=C2/C(=O)Nc3ccccc32)cc1C(C)C. The minimum Gasteiger partial charge on any atom is -0.496 e. The number of carbonyl (C=O) groups is 1. The third-order valence-electron chi connectivity index (χ3n) is 3.90. The van der Waals surface area contributed by atoms with Crippen LogP contribution in [0.1, 0.15) is 36.5 Å². The summed E-state index contributed by atoms with van der Waals surface area (Å²) in [6.07, 6.45) is 1.94. The number of nitrogens with one attached hydrogen (secondary N) is 1. The van der Waals surface area contributed by atoms with Crippen molar-refractivity contribution in [2.45, 2.75) is 19.8 Å². The lowest BCUT2D eigenvalue weighted by atomic mass is 9.97. The first-order valence-corrected chi connectivity index (χ1v) is 7.40. The van der Waals surface area contributed by atoms with E-state index in [4.69, 9.17) is 4.74 Å². The Morgan fingerprint density at radius 3 is 2.64 bits per heavy atom. The van der Waals surface area contributed by atoms with E-state index in [9.17, 15) is 4.79 Å². The molecule has 0 saturated heterocycles. The Bertz CT molecular complexity index is 760. The average molecular weight is 293 g/mol. The van der Waals surface area contributed by atoms with E-state index in [1.807, 2.05) is 42.5 Å². The summed E-state index contributed by atoms with van der Waals surface area (Å²) in [5.41, 5.74) is 4.68. The molecule has 3 rings (SSSR count). The first-order valence-electron chi connectivity index (χ1n) is 7.40. The van der Waals surface area contributed by atoms with Gasteiger partial charge in [-0.1, -0.05) is 38.1 Å². The predicted octanol–water partition coefficient (Wildman–Crippen LogP) is 4.31. The Morgan fingerprint density at radius 2 is 1.91 bits per heavy atom. The van der Waals surface area contributed by atoms with Gasteiger partial charge >= 0.3 is 0 Å². The van der Waals surface area contributed by atoms with Crippen molar-refractivity contribution in [3.8, 4) is 5.75 Å². The second-order valence-corrected chi connectivity index (χ2v) is 5.71. The van der Waals surface area contributed by atoms with Crippen LogP contribution >= 0.6 is 0 Å². The fourth-order valence-corrected chi connectivity index (χ4v) is 2.74. The molecule has 2 aromatic carbocycles. The van der Waals surface area contributed by atoms with Crippen LogP contribution in [-0.4, -0.2) is 13.0 Å². The molecule has 1 aliphatic rings. The van der Waals surface area contributed by atoms with E-state index in [1.54, 1.807) is 7.11 Å². The van der Waals surface area contributed by atoms with Gasteiger partial charge in [0.15, 0.2) is 0 Å². The van der Waals surface area contributed by atoms with E-state index in [1.165, 1.54) is 0 Å². The molecule has 3 nitrogen and oxygen atoms in total. The van der Waals surface area contributed by atoms with Crippen LogP contribution in [-0.2, 0) is 4.79 Å². The lowest BCUT2D eigenvalue weighted by Crippen LogP contribution is -2.03. The molecule has 0 bridgehead atoms. The monoisotopic (exact) mass is 293 g/mol. The molecule has 3 heteroatoms. The molecule has 112 valence electrons. The van der Waals surface area contributed by atoms with Crippen molar-refractivity contribution < 1.29 is 9.53 Å². The van der Waals surface area contributed by atoms with Crippen LogP contribution in [0.15, 0.2) is 42.5 Å². The molecular weight excluding hydrogens is 274 g/mol. The van der Waals surface area contributed by atoms with E-state index in [0.29, 0.717) is 11.5 Å². The Balaban J connectivity index is 2.06. The van der Waals surface area contributed by atoms with Crippen LogP contribution in [0.4, 0.5) is 5.69 Å². The molecule has 22 heavy (non-hydrogen) atoms. The molecule has 0 fully saturated rings. The minimum absolute atomic E-state index is 0.0527. The van der Waals surface area contributed by atoms with E-state index in [-0.39, 0.29) is 5.91 Å². The Labute approximate surface area is 130 Å². The van der Waals surface area contributed by atoms with Gasteiger partial charge in [-0.3, -0.25) is 4.79 Å². The zero-order valence-corrected chi connectivity index (χ0v) is 13.0. The summed E-state index contributed by atoms with van der Waals surface area (Å²) in [4.78, 5) is 12.2. The summed E-state index contributed by atoms with van der Waals surface area (Å²) >= 11 is 0. The lowest BCUT2D eigenvalue weighted by molar-refractivity contribution is -0.110. The van der Waals surface area contributed by atoms with Crippen molar-refractivity contribution in [2.24, 2.45) is 0 Å². The number of amides is 1. The summed E-state index contributed by atoms with van der Waals surface area (Å²) in [6.45, 7) is 4.26. The Hall–Kier alpha value is -2.55. The fraction of sp³-hybridized carbons (Fsp3) is 0.211. The summed E-state index contributed by atoms with van der Waals surface area (Å²) < 4.78 is 5.41. The highest BCUT2D eigenvalue weighted by Gasteiger charge is 2.23. The van der Waals surface area contributed by atoms with Gasteiger partial charge in [0.25, 0.3) is 5.91 Å². The number of benzene rings is 2. The van der Waals surface area contributed by atoms with Crippen molar-refractivity contribution in [2.75, 3.05) is 12.4 Å². The maximum absolute atomic E-state index is 12.2. The van der Waals surface area contributed by atoms with Crippen LogP contribution in [0.2, 0.25) is 0 Å². The van der Waals surface area contributed by atoms with Crippen LogP contribution in [0, 0.1) is 0 Å². The second kappa shape index (κ2) is 5.68. The van der Waals surface area contributed by atoms with Gasteiger partial charge < -0.3 is 10.1 Å². The van der Waals surface area contributed by atoms with Gasteiger partial charge in [0.2, 0.25) is 0 Å². The molecule has 0 aliphatic carbocycles. The van der Waals surface area contributed by atoms with Crippen molar-refractivity contribution in [1.82, 2.24) is 0 Å². The number of rotatable bonds is 3. The molecule has 1 aliphatic heterocycles. The molecule has 0 radical (unpaired) electrons. The van der Waals surface area contributed by atoms with E-state index >= 15 is 0 Å². The third kappa shape index (κ3) is 2.50. The first kappa shape index (κ1) is 14.4. The van der Waals surface area contributed by atoms with Gasteiger partial charge in [-0.15, -0.1) is 0 Å². The Morgan fingerprint density at radius 1 is 1.14 bits per heavy atom. The number of hydrogen-bond donors (Lipinski definition) is 1. The molecule has 0 saturated carbocycles. The molecule has 0 unspecified atom stereocenters. The smallest absolute Gasteiger partial charge is 0.256 e. The van der Waals surface area contributed by atoms with Crippen LogP contribution in [0.25, 0.3) is 11.6 Å². The molecule has 1 amide bonds. The first-order chi connectivity index (χ1) is 10.6. The average Bonchev–Trinajstić information content (AvgIpc) is 2.83. The van der Waals surface area contributed by atoms with Gasteiger partial charge in [0, 0.05) is 16.8 Å². The van der Waals surface area contributed by atoms with Gasteiger partial charge in [0.1, 0.15) is 5.75 Å². The number of hydrogen-bond acceptors (Lipinski definition) is 2. The van der Waals surface area contributed by atoms with E-state index in [0.717, 1.165) is 28.1 Å². The van der Waals surface area contributed by atoms with Crippen LogP contribution in [0.5, 0.6) is 5.75 Å². The highest BCUT2D eigenvalue weighted by Crippen LogP contribution is 2.34. The summed E-state index contributed by atoms with van der Waals surface area (Å²) in [6, 6.07) is 13.8. The largest absolute Gasteiger partial charge is 0.496 e. The second-order valence-electron chi connectivity index (χ2n) is 5.71. The van der Waals surface area contributed by atoms with Gasteiger partial charge in [-0.25, -0.2) is 0 Å². The van der Waals surface area contributed by atoms with Gasteiger partial charge in [-0.2, -0.15) is 0 Å². The van der Waals surface area contributed by atoms with Crippen molar-refractivity contribution in [3.63, 3.8) is 0 Å². The molecule has 2 aromatic rings. The number of para-hydroxylation sites is 1. The predicted molar refractivity (Wildman–Crippen MR) is 90.0 cm³/mol. The van der Waals surface area contributed by atoms with Crippen molar-refractivity contribution in [1.29, 1.82) is 0 Å². The quantitative estimate of drug-likeness (QED) is 0.856. The minimum atomic E-state index is -0.0527. The lowest BCUT2D eigenvalue weighted by Gasteiger charge is -2.12. The van der Waals surface area contributed by atoms with Crippen LogP contribution in [0.3, 0.4) is 0 Å². The number of anilines is 1. The van der Waals surface area contributed by atoms with Crippen LogP contribution < -0.4 is 10.1 Å². The van der Waals surface area contributed by atoms with Gasteiger partial charge in [-0.05, 0) is 41.3 Å². The maximum atomic E-state index is 12.2. The number of ether oxygens (including phenoxy) is 1. The standard InChI is InChI=1S/C19H19NO2/c1-12(2)15-10-13(8-9-18(15)22-3)11-16-14-6-4-5-7-17(14)20-19(16)21/h4-12H,1-3H3,(H,20,21)/b16-11+. The zero-order chi connectivity index (χ0) is 15.7. The van der Waals surface area contributed by atoms with Gasteiger partial charge in [0.05, 0.1) is 7.11 Å². The highest BCUT2D eigenvalue weighted by atomic mass is 16.5. The third-order valence-corrected chi connectivity index (χ3v) is 3.90. The number of fused-ring (bicyclic) bond motifs is 1. The molecule has 1 N–H and O–H groups in total. The molecule has 0 aromatic heterocycles. The highest BCUT2D eigenvalue weighted by molar-refractivity contribution is 6.34. The van der Waals surface area contributed by atoms with Crippen molar-refractivity contribution >= 4 is 23.2 Å². The van der Waals surface area contributed by atoms with E-state index in [2.05, 4.69) is 25.2 Å². The molecular formula is C19H19NO2. The zero-order valence-electron chi connectivity index (χ0n) is 13.0. The fourth-order valence-electron chi connectivity index (χ4n) is 2.74. The maximum Gasteiger partial charge on any atom is 0.256 e. The summed E-state index contributed by atoms with van der Waals surface area (Å²) in [7, 11) is 1.68. The number of carbonyl (C=O) groups excluding carboxylic acids is 1. The molecule has 0 spiro atoms. The molecule has 0 atom stereocenters. The summed E-state index contributed by atoms with van der Waals surface area (Å²) in [5.74, 6) is 1.19. The normalized spacial score (nSPS) is 15.1. The molecule has 1 heterocycles.